The van der Waals surface area contributed by atoms with Crippen molar-refractivity contribution >= 4 is 5.69 Å². The maximum Gasteiger partial charge on any atom is 0.0361 e. The second-order valence-corrected chi connectivity index (χ2v) is 6.31. The third-order valence-electron chi connectivity index (χ3n) is 4.38. The number of anilines is 1. The van der Waals surface area contributed by atoms with Gasteiger partial charge in [0, 0.05) is 65.1 Å². The molecule has 118 valence electrons. The van der Waals surface area contributed by atoms with Crippen molar-refractivity contribution in [1.82, 2.24) is 15.1 Å². The molecule has 0 radical (unpaired) electrons. The van der Waals surface area contributed by atoms with Crippen molar-refractivity contribution in [3.8, 4) is 0 Å². The Morgan fingerprint density at radius 2 is 1.71 bits per heavy atom. The Hall–Kier alpha value is -1.10. The second-order valence-electron chi connectivity index (χ2n) is 6.31. The van der Waals surface area contributed by atoms with E-state index in [-0.39, 0.29) is 0 Å². The molecule has 0 amide bonds. The highest BCUT2D eigenvalue weighted by Crippen LogP contribution is 2.17. The SMILES string of the molecule is CC(NCCN1CCN(C)CC1)c1ccc(N(C)C)cc1. The predicted octanol–water partition coefficient (Wildman–Crippen LogP) is 1.65. The molecule has 0 aliphatic carbocycles. The molecule has 1 aromatic rings. The van der Waals surface area contributed by atoms with Gasteiger partial charge in [-0.3, -0.25) is 4.90 Å². The fourth-order valence-corrected chi connectivity index (χ4v) is 2.69. The first-order chi connectivity index (χ1) is 10.1. The highest BCUT2D eigenvalue weighted by Gasteiger charge is 2.13. The van der Waals surface area contributed by atoms with Gasteiger partial charge in [0.2, 0.25) is 0 Å². The first-order valence-electron chi connectivity index (χ1n) is 7.98. The smallest absolute Gasteiger partial charge is 0.0361 e. The Morgan fingerprint density at radius 1 is 1.10 bits per heavy atom. The van der Waals surface area contributed by atoms with Crippen LogP contribution in [-0.4, -0.2) is 70.2 Å². The van der Waals surface area contributed by atoms with Crippen LogP contribution in [0.25, 0.3) is 0 Å². The number of likely N-dealkylation sites (N-methyl/N-ethyl adjacent to an activating group) is 1. The van der Waals surface area contributed by atoms with Crippen LogP contribution in [0, 0.1) is 0 Å². The van der Waals surface area contributed by atoms with Gasteiger partial charge in [0.1, 0.15) is 0 Å². The zero-order valence-corrected chi connectivity index (χ0v) is 14.0. The quantitative estimate of drug-likeness (QED) is 0.860. The molecule has 1 atom stereocenters. The molecule has 1 aliphatic heterocycles. The minimum atomic E-state index is 0.411. The minimum absolute atomic E-state index is 0.411. The Bertz CT molecular complexity index is 407. The lowest BCUT2D eigenvalue weighted by molar-refractivity contribution is 0.154. The molecule has 0 spiro atoms. The van der Waals surface area contributed by atoms with Crippen molar-refractivity contribution in [1.29, 1.82) is 0 Å². The fourth-order valence-electron chi connectivity index (χ4n) is 2.69. The molecule has 0 aromatic heterocycles. The van der Waals surface area contributed by atoms with Gasteiger partial charge in [-0.2, -0.15) is 0 Å². The van der Waals surface area contributed by atoms with Crippen LogP contribution in [-0.2, 0) is 0 Å². The van der Waals surface area contributed by atoms with Gasteiger partial charge >= 0.3 is 0 Å². The summed E-state index contributed by atoms with van der Waals surface area (Å²) in [7, 11) is 6.36. The molecule has 1 aliphatic rings. The van der Waals surface area contributed by atoms with E-state index in [4.69, 9.17) is 0 Å². The number of benzene rings is 1. The van der Waals surface area contributed by atoms with Crippen molar-refractivity contribution in [3.63, 3.8) is 0 Å². The molecule has 4 nitrogen and oxygen atoms in total. The molecular weight excluding hydrogens is 260 g/mol. The van der Waals surface area contributed by atoms with E-state index < -0.39 is 0 Å². The number of nitrogens with one attached hydrogen (secondary N) is 1. The lowest BCUT2D eigenvalue weighted by Crippen LogP contribution is -2.46. The third-order valence-corrected chi connectivity index (χ3v) is 4.38. The maximum atomic E-state index is 3.64. The first-order valence-corrected chi connectivity index (χ1v) is 7.98. The van der Waals surface area contributed by atoms with Crippen LogP contribution in [0.3, 0.4) is 0 Å². The number of piperazine rings is 1. The van der Waals surface area contributed by atoms with Gasteiger partial charge in [-0.05, 0) is 31.7 Å². The number of hydrogen-bond acceptors (Lipinski definition) is 4. The van der Waals surface area contributed by atoms with Crippen molar-refractivity contribution in [2.75, 3.05) is 65.3 Å². The van der Waals surface area contributed by atoms with Gasteiger partial charge in [0.05, 0.1) is 0 Å². The zero-order valence-electron chi connectivity index (χ0n) is 14.0. The van der Waals surface area contributed by atoms with Gasteiger partial charge in [-0.1, -0.05) is 12.1 Å². The minimum Gasteiger partial charge on any atom is -0.378 e. The van der Waals surface area contributed by atoms with Crippen molar-refractivity contribution < 1.29 is 0 Å². The lowest BCUT2D eigenvalue weighted by Gasteiger charge is -2.32. The van der Waals surface area contributed by atoms with Crippen molar-refractivity contribution in [2.45, 2.75) is 13.0 Å². The molecule has 1 aromatic carbocycles. The van der Waals surface area contributed by atoms with E-state index in [0.29, 0.717) is 6.04 Å². The van der Waals surface area contributed by atoms with Crippen LogP contribution in [0.1, 0.15) is 18.5 Å². The molecule has 1 heterocycles. The van der Waals surface area contributed by atoms with Gasteiger partial charge < -0.3 is 15.1 Å². The highest BCUT2D eigenvalue weighted by molar-refractivity contribution is 5.46. The van der Waals surface area contributed by atoms with E-state index in [1.807, 2.05) is 0 Å². The van der Waals surface area contributed by atoms with E-state index >= 15 is 0 Å². The molecule has 21 heavy (non-hydrogen) atoms. The molecule has 0 saturated carbocycles. The van der Waals surface area contributed by atoms with Crippen LogP contribution < -0.4 is 10.2 Å². The molecule has 0 bridgehead atoms. The maximum absolute atomic E-state index is 3.64. The van der Waals surface area contributed by atoms with Gasteiger partial charge in [-0.15, -0.1) is 0 Å². The highest BCUT2D eigenvalue weighted by atomic mass is 15.2. The molecule has 4 heteroatoms. The average molecular weight is 290 g/mol. The average Bonchev–Trinajstić information content (AvgIpc) is 2.49. The standard InChI is InChI=1S/C17H30N4/c1-15(16-5-7-17(8-6-16)19(2)3)18-9-10-21-13-11-20(4)12-14-21/h5-8,15,18H,9-14H2,1-4H3. The van der Waals surface area contributed by atoms with Crippen LogP contribution >= 0.6 is 0 Å². The molecule has 2 rings (SSSR count). The summed E-state index contributed by atoms with van der Waals surface area (Å²) in [6.45, 7) is 9.24. The monoisotopic (exact) mass is 290 g/mol. The van der Waals surface area contributed by atoms with Crippen molar-refractivity contribution in [3.05, 3.63) is 29.8 Å². The van der Waals surface area contributed by atoms with Gasteiger partial charge in [0.25, 0.3) is 0 Å². The molecular formula is C17H30N4. The van der Waals surface area contributed by atoms with E-state index in [1.165, 1.54) is 37.4 Å². The Kier molecular flexibility index (Phi) is 6.03. The number of hydrogen-bond donors (Lipinski definition) is 1. The van der Waals surface area contributed by atoms with E-state index in [1.54, 1.807) is 0 Å². The molecule has 1 saturated heterocycles. The number of nitrogens with zero attached hydrogens (tertiary/aromatic N) is 3. The van der Waals surface area contributed by atoms with E-state index in [2.05, 4.69) is 72.3 Å². The molecule has 1 fully saturated rings. The topological polar surface area (TPSA) is 21.8 Å². The Labute approximate surface area is 129 Å². The Balaban J connectivity index is 1.72. The Morgan fingerprint density at radius 3 is 2.29 bits per heavy atom. The number of rotatable bonds is 6. The van der Waals surface area contributed by atoms with Crippen LogP contribution in [0.2, 0.25) is 0 Å². The summed E-state index contributed by atoms with van der Waals surface area (Å²) in [6.07, 6.45) is 0. The first kappa shape index (κ1) is 16.3. The largest absolute Gasteiger partial charge is 0.378 e. The summed E-state index contributed by atoms with van der Waals surface area (Å²) in [5.74, 6) is 0. The molecule has 1 N–H and O–H groups in total. The summed E-state index contributed by atoms with van der Waals surface area (Å²) in [5, 5.41) is 3.64. The van der Waals surface area contributed by atoms with E-state index in [9.17, 15) is 0 Å². The van der Waals surface area contributed by atoms with Crippen molar-refractivity contribution in [2.24, 2.45) is 0 Å². The third kappa shape index (κ3) is 4.99. The van der Waals surface area contributed by atoms with Gasteiger partial charge in [-0.25, -0.2) is 0 Å². The summed E-state index contributed by atoms with van der Waals surface area (Å²) >= 11 is 0. The molecule has 1 unspecified atom stereocenters. The summed E-state index contributed by atoms with van der Waals surface area (Å²) < 4.78 is 0. The van der Waals surface area contributed by atoms with Crippen LogP contribution in [0.4, 0.5) is 5.69 Å². The summed E-state index contributed by atoms with van der Waals surface area (Å²) in [5.41, 5.74) is 2.61. The van der Waals surface area contributed by atoms with E-state index in [0.717, 1.165) is 13.1 Å². The summed E-state index contributed by atoms with van der Waals surface area (Å²) in [6, 6.07) is 9.24. The lowest BCUT2D eigenvalue weighted by atomic mass is 10.1. The second kappa shape index (κ2) is 7.78. The zero-order chi connectivity index (χ0) is 15.2. The summed E-state index contributed by atoms with van der Waals surface area (Å²) in [4.78, 5) is 7.09. The predicted molar refractivity (Wildman–Crippen MR) is 91.1 cm³/mol. The van der Waals surface area contributed by atoms with Crippen LogP contribution in [0.5, 0.6) is 0 Å². The normalized spacial score (nSPS) is 18.7. The fraction of sp³-hybridized carbons (Fsp3) is 0.647. The van der Waals surface area contributed by atoms with Crippen LogP contribution in [0.15, 0.2) is 24.3 Å². The van der Waals surface area contributed by atoms with Gasteiger partial charge in [0.15, 0.2) is 0 Å².